The minimum Gasteiger partial charge on any atom is -0.486 e. The molecule has 0 radical (unpaired) electrons. The molecule has 1 aromatic heterocycles. The molecule has 158 valence electrons. The summed E-state index contributed by atoms with van der Waals surface area (Å²) in [6.45, 7) is 1.41. The van der Waals surface area contributed by atoms with Crippen LogP contribution in [0, 0.1) is 5.92 Å². The van der Waals surface area contributed by atoms with Gasteiger partial charge >= 0.3 is 0 Å². The van der Waals surface area contributed by atoms with E-state index in [4.69, 9.17) is 16.3 Å². The Hall–Kier alpha value is -2.74. The van der Waals surface area contributed by atoms with E-state index >= 15 is 0 Å². The monoisotopic (exact) mass is 435 g/mol. The Labute approximate surface area is 177 Å². The molecule has 2 aromatic rings. The zero-order chi connectivity index (χ0) is 21.4. The van der Waals surface area contributed by atoms with Gasteiger partial charge in [0.2, 0.25) is 5.91 Å². The summed E-state index contributed by atoms with van der Waals surface area (Å²) < 4.78 is 29.7. The van der Waals surface area contributed by atoms with Crippen LogP contribution in [0.3, 0.4) is 0 Å². The molecule has 1 aliphatic carbocycles. The van der Waals surface area contributed by atoms with E-state index in [0.717, 1.165) is 18.4 Å². The summed E-state index contributed by atoms with van der Waals surface area (Å²) >= 11 is 6.18. The Balaban J connectivity index is 1.52. The number of pyridine rings is 1. The van der Waals surface area contributed by atoms with Gasteiger partial charge in [-0.25, -0.2) is 13.8 Å². The highest BCUT2D eigenvalue weighted by molar-refractivity contribution is 6.32. The molecule has 30 heavy (non-hydrogen) atoms. The van der Waals surface area contributed by atoms with Crippen LogP contribution in [0.2, 0.25) is 5.02 Å². The highest BCUT2D eigenvalue weighted by Crippen LogP contribution is 2.37. The SMILES string of the molecule is CC(c1ccc(OCC(F)F)c(Cl)c1)N1Cc2c(ccnc2NC(=O)C2CC2)C1=O. The Morgan fingerprint density at radius 1 is 1.37 bits per heavy atom. The van der Waals surface area contributed by atoms with Crippen LogP contribution >= 0.6 is 11.6 Å². The number of benzene rings is 1. The second kappa shape index (κ2) is 8.18. The van der Waals surface area contributed by atoms with E-state index in [1.54, 1.807) is 23.1 Å². The van der Waals surface area contributed by atoms with Gasteiger partial charge in [-0.1, -0.05) is 17.7 Å². The van der Waals surface area contributed by atoms with Gasteiger partial charge in [0, 0.05) is 23.2 Å². The topological polar surface area (TPSA) is 71.5 Å². The Morgan fingerprint density at radius 3 is 2.80 bits per heavy atom. The molecule has 1 N–H and O–H groups in total. The number of carbonyl (C=O) groups excluding carboxylic acids is 2. The van der Waals surface area contributed by atoms with Gasteiger partial charge in [0.15, 0.2) is 0 Å². The van der Waals surface area contributed by atoms with Crippen molar-refractivity contribution in [2.45, 2.75) is 38.8 Å². The maximum Gasteiger partial charge on any atom is 0.272 e. The largest absolute Gasteiger partial charge is 0.486 e. The van der Waals surface area contributed by atoms with Crippen molar-refractivity contribution in [1.82, 2.24) is 9.88 Å². The molecule has 2 aliphatic rings. The van der Waals surface area contributed by atoms with Gasteiger partial charge in [0.05, 0.1) is 17.6 Å². The van der Waals surface area contributed by atoms with Crippen molar-refractivity contribution in [3.8, 4) is 5.75 Å². The lowest BCUT2D eigenvalue weighted by Gasteiger charge is -2.25. The first kappa shape index (κ1) is 20.5. The minimum absolute atomic E-state index is 0.0303. The summed E-state index contributed by atoms with van der Waals surface area (Å²) in [6.07, 6.45) is 0.671. The van der Waals surface area contributed by atoms with Crippen molar-refractivity contribution in [1.29, 1.82) is 0 Å². The first-order valence-corrected chi connectivity index (χ1v) is 10.0. The summed E-state index contributed by atoms with van der Waals surface area (Å²) in [7, 11) is 0. The average Bonchev–Trinajstić information content (AvgIpc) is 3.51. The molecular weight excluding hydrogens is 416 g/mol. The summed E-state index contributed by atoms with van der Waals surface area (Å²) in [5, 5.41) is 3.03. The predicted octanol–water partition coefficient (Wildman–Crippen LogP) is 4.44. The third kappa shape index (κ3) is 4.09. The van der Waals surface area contributed by atoms with E-state index < -0.39 is 13.0 Å². The molecule has 1 aromatic carbocycles. The average molecular weight is 436 g/mol. The molecule has 1 aliphatic heterocycles. The van der Waals surface area contributed by atoms with Gasteiger partial charge in [0.1, 0.15) is 18.2 Å². The number of fused-ring (bicyclic) bond motifs is 1. The molecule has 1 unspecified atom stereocenters. The third-order valence-electron chi connectivity index (χ3n) is 5.34. The van der Waals surface area contributed by atoms with E-state index in [0.29, 0.717) is 23.5 Å². The Kier molecular flexibility index (Phi) is 5.60. The van der Waals surface area contributed by atoms with Gasteiger partial charge in [-0.15, -0.1) is 0 Å². The number of ether oxygens (including phenoxy) is 1. The van der Waals surface area contributed by atoms with E-state index in [-0.39, 0.29) is 34.5 Å². The summed E-state index contributed by atoms with van der Waals surface area (Å²) in [6, 6.07) is 6.14. The molecule has 2 amide bonds. The maximum atomic E-state index is 13.0. The number of halogens is 3. The highest BCUT2D eigenvalue weighted by atomic mass is 35.5. The lowest BCUT2D eigenvalue weighted by molar-refractivity contribution is -0.117. The second-order valence-corrected chi connectivity index (χ2v) is 7.86. The molecule has 2 heterocycles. The predicted molar refractivity (Wildman–Crippen MR) is 107 cm³/mol. The minimum atomic E-state index is -2.59. The van der Waals surface area contributed by atoms with Crippen LogP contribution in [0.15, 0.2) is 30.5 Å². The van der Waals surface area contributed by atoms with Crippen LogP contribution in [0.4, 0.5) is 14.6 Å². The highest BCUT2D eigenvalue weighted by Gasteiger charge is 2.35. The van der Waals surface area contributed by atoms with Crippen molar-refractivity contribution >= 4 is 29.2 Å². The van der Waals surface area contributed by atoms with Crippen LogP contribution in [0.25, 0.3) is 0 Å². The number of rotatable bonds is 7. The van der Waals surface area contributed by atoms with Crippen LogP contribution in [0.1, 0.15) is 47.3 Å². The molecule has 1 atom stereocenters. The van der Waals surface area contributed by atoms with E-state index in [1.807, 2.05) is 6.92 Å². The molecule has 1 fully saturated rings. The van der Waals surface area contributed by atoms with Gasteiger partial charge < -0.3 is 15.0 Å². The number of hydrogen-bond donors (Lipinski definition) is 1. The summed E-state index contributed by atoms with van der Waals surface area (Å²) in [4.78, 5) is 31.0. The van der Waals surface area contributed by atoms with Gasteiger partial charge in [-0.3, -0.25) is 9.59 Å². The molecule has 0 saturated heterocycles. The number of carbonyl (C=O) groups is 2. The summed E-state index contributed by atoms with van der Waals surface area (Å²) in [5.41, 5.74) is 1.93. The summed E-state index contributed by atoms with van der Waals surface area (Å²) in [5.74, 6) is 0.374. The van der Waals surface area contributed by atoms with Crippen LogP contribution in [-0.2, 0) is 11.3 Å². The maximum absolute atomic E-state index is 13.0. The number of nitrogens with one attached hydrogen (secondary N) is 1. The zero-order valence-corrected chi connectivity index (χ0v) is 17.0. The number of aromatic nitrogens is 1. The number of nitrogens with zero attached hydrogens (tertiary/aromatic N) is 2. The first-order chi connectivity index (χ1) is 14.3. The zero-order valence-electron chi connectivity index (χ0n) is 16.2. The molecule has 1 saturated carbocycles. The van der Waals surface area contributed by atoms with E-state index in [9.17, 15) is 18.4 Å². The molecular formula is C21H20ClF2N3O3. The van der Waals surface area contributed by atoms with E-state index in [1.165, 1.54) is 12.3 Å². The third-order valence-corrected chi connectivity index (χ3v) is 5.63. The van der Waals surface area contributed by atoms with Gasteiger partial charge in [-0.05, 0) is 43.5 Å². The molecule has 4 rings (SSSR count). The Bertz CT molecular complexity index is 997. The molecule has 6 nitrogen and oxygen atoms in total. The van der Waals surface area contributed by atoms with E-state index in [2.05, 4.69) is 10.3 Å². The fourth-order valence-corrected chi connectivity index (χ4v) is 3.70. The standard InChI is InChI=1S/C21H20ClF2N3O3/c1-11(13-4-5-17(16(22)8-13)30-10-18(23)24)27-9-15-14(21(27)29)6-7-25-19(15)26-20(28)12-2-3-12/h4-8,11-12,18H,2-3,9-10H2,1H3,(H,25,26,28). The van der Waals surface area contributed by atoms with Crippen LogP contribution in [-0.4, -0.2) is 34.7 Å². The van der Waals surface area contributed by atoms with Crippen molar-refractivity contribution < 1.29 is 23.1 Å². The van der Waals surface area contributed by atoms with Crippen LogP contribution < -0.4 is 10.1 Å². The Morgan fingerprint density at radius 2 is 2.13 bits per heavy atom. The number of anilines is 1. The first-order valence-electron chi connectivity index (χ1n) is 9.65. The van der Waals surface area contributed by atoms with Gasteiger partial charge in [0.25, 0.3) is 12.3 Å². The van der Waals surface area contributed by atoms with Crippen LogP contribution in [0.5, 0.6) is 5.75 Å². The number of alkyl halides is 2. The fraction of sp³-hybridized carbons (Fsp3) is 0.381. The van der Waals surface area contributed by atoms with Crippen molar-refractivity contribution in [2.75, 3.05) is 11.9 Å². The lowest BCUT2D eigenvalue weighted by Crippen LogP contribution is -2.27. The lowest BCUT2D eigenvalue weighted by atomic mass is 10.1. The van der Waals surface area contributed by atoms with Gasteiger partial charge in [-0.2, -0.15) is 0 Å². The molecule has 0 bridgehead atoms. The second-order valence-electron chi connectivity index (χ2n) is 7.45. The number of hydrogen-bond acceptors (Lipinski definition) is 4. The van der Waals surface area contributed by atoms with Crippen molar-refractivity contribution in [2.24, 2.45) is 5.92 Å². The normalized spacial score (nSPS) is 16.6. The molecule has 9 heteroatoms. The smallest absolute Gasteiger partial charge is 0.272 e. The van der Waals surface area contributed by atoms with Crippen molar-refractivity contribution in [3.05, 3.63) is 52.2 Å². The fourth-order valence-electron chi connectivity index (χ4n) is 3.46. The van der Waals surface area contributed by atoms with Crippen molar-refractivity contribution in [3.63, 3.8) is 0 Å². The molecule has 0 spiro atoms. The number of amides is 2. The quantitative estimate of drug-likeness (QED) is 0.697.